The van der Waals surface area contributed by atoms with Crippen LogP contribution in [0.4, 0.5) is 18.9 Å². The summed E-state index contributed by atoms with van der Waals surface area (Å²) in [4.78, 5) is 27.4. The molecule has 0 spiro atoms. The quantitative estimate of drug-likeness (QED) is 0.533. The largest absolute Gasteiger partial charge is 0.418 e. The Morgan fingerprint density at radius 1 is 1.09 bits per heavy atom. The van der Waals surface area contributed by atoms with Crippen LogP contribution in [0, 0.1) is 0 Å². The predicted molar refractivity (Wildman–Crippen MR) is 123 cm³/mol. The average molecular weight is 473 g/mol. The van der Waals surface area contributed by atoms with E-state index in [-0.39, 0.29) is 17.0 Å². The standard InChI is InChI=1S/C25H23F3N2O2S/c1-14-21(24(32)30-18-7-4-3-6-17(18)25(26,27)28)22(15-10-12-16(33-2)13-11-15)23-19(29-14)8-5-9-20(23)31/h3-4,6-7,10-13,22,29H,5,8-9H2,1-2H3,(H,30,32). The van der Waals surface area contributed by atoms with E-state index in [1.807, 2.05) is 30.5 Å². The van der Waals surface area contributed by atoms with E-state index in [1.165, 1.54) is 18.2 Å². The third-order valence-corrected chi connectivity index (χ3v) is 6.69. The number of nitrogens with one attached hydrogen (secondary N) is 2. The molecule has 0 aromatic heterocycles. The smallest absolute Gasteiger partial charge is 0.362 e. The summed E-state index contributed by atoms with van der Waals surface area (Å²) in [7, 11) is 0. The molecule has 4 nitrogen and oxygen atoms in total. The third-order valence-electron chi connectivity index (χ3n) is 5.95. The fraction of sp³-hybridized carbons (Fsp3) is 0.280. The van der Waals surface area contributed by atoms with Gasteiger partial charge in [0.25, 0.3) is 5.91 Å². The molecule has 2 aliphatic rings. The number of halogens is 3. The first-order valence-electron chi connectivity index (χ1n) is 10.6. The number of amides is 1. The van der Waals surface area contributed by atoms with E-state index in [0.717, 1.165) is 28.6 Å². The normalized spacial score (nSPS) is 18.7. The molecule has 2 aromatic carbocycles. The Morgan fingerprint density at radius 2 is 1.79 bits per heavy atom. The highest BCUT2D eigenvalue weighted by Crippen LogP contribution is 2.43. The van der Waals surface area contributed by atoms with Crippen molar-refractivity contribution in [1.82, 2.24) is 5.32 Å². The summed E-state index contributed by atoms with van der Waals surface area (Å²) in [5.74, 6) is -1.36. The van der Waals surface area contributed by atoms with Gasteiger partial charge in [-0.15, -0.1) is 11.8 Å². The number of anilines is 1. The molecule has 8 heteroatoms. The van der Waals surface area contributed by atoms with E-state index >= 15 is 0 Å². The average Bonchev–Trinajstić information content (AvgIpc) is 2.78. The second kappa shape index (κ2) is 9.09. The van der Waals surface area contributed by atoms with Gasteiger partial charge < -0.3 is 10.6 Å². The van der Waals surface area contributed by atoms with Gasteiger partial charge in [-0.05, 0) is 55.9 Å². The minimum absolute atomic E-state index is 0.0452. The predicted octanol–water partition coefficient (Wildman–Crippen LogP) is 6.03. The van der Waals surface area contributed by atoms with Gasteiger partial charge in [0.1, 0.15) is 0 Å². The summed E-state index contributed by atoms with van der Waals surface area (Å²) in [5.41, 5.74) is 1.61. The maximum absolute atomic E-state index is 13.5. The molecular weight excluding hydrogens is 449 g/mol. The van der Waals surface area contributed by atoms with Crippen molar-refractivity contribution in [1.29, 1.82) is 0 Å². The summed E-state index contributed by atoms with van der Waals surface area (Å²) < 4.78 is 40.4. The molecular formula is C25H23F3N2O2S. The number of ketones is 1. The second-order valence-electron chi connectivity index (χ2n) is 8.04. The van der Waals surface area contributed by atoms with Gasteiger partial charge in [-0.3, -0.25) is 9.59 Å². The molecule has 1 aliphatic heterocycles. The molecule has 4 rings (SSSR count). The van der Waals surface area contributed by atoms with E-state index in [0.29, 0.717) is 24.1 Å². The molecule has 2 aromatic rings. The van der Waals surface area contributed by atoms with Gasteiger partial charge in [0.05, 0.1) is 11.3 Å². The maximum atomic E-state index is 13.5. The molecule has 1 aliphatic carbocycles. The molecule has 1 heterocycles. The summed E-state index contributed by atoms with van der Waals surface area (Å²) in [6.07, 6.45) is -0.878. The number of thioether (sulfide) groups is 1. The summed E-state index contributed by atoms with van der Waals surface area (Å²) in [6.45, 7) is 1.72. The van der Waals surface area contributed by atoms with Gasteiger partial charge >= 0.3 is 6.18 Å². The highest BCUT2D eigenvalue weighted by atomic mass is 32.2. The number of benzene rings is 2. The Kier molecular flexibility index (Phi) is 6.38. The van der Waals surface area contributed by atoms with Crippen molar-refractivity contribution >= 4 is 29.1 Å². The first-order chi connectivity index (χ1) is 15.7. The lowest BCUT2D eigenvalue weighted by Gasteiger charge is -2.34. The highest BCUT2D eigenvalue weighted by molar-refractivity contribution is 7.98. The van der Waals surface area contributed by atoms with E-state index in [4.69, 9.17) is 0 Å². The van der Waals surface area contributed by atoms with Crippen LogP contribution in [-0.2, 0) is 15.8 Å². The molecule has 0 fully saturated rings. The lowest BCUT2D eigenvalue weighted by Crippen LogP contribution is -2.35. The van der Waals surface area contributed by atoms with Gasteiger partial charge in [-0.25, -0.2) is 0 Å². The number of para-hydroxylation sites is 1. The van der Waals surface area contributed by atoms with Crippen LogP contribution in [0.25, 0.3) is 0 Å². The zero-order valence-corrected chi connectivity index (χ0v) is 19.0. The highest BCUT2D eigenvalue weighted by Gasteiger charge is 2.39. The molecule has 0 saturated carbocycles. The number of alkyl halides is 3. The molecule has 1 amide bonds. The Morgan fingerprint density at radius 3 is 2.45 bits per heavy atom. The van der Waals surface area contributed by atoms with Crippen LogP contribution in [0.2, 0.25) is 0 Å². The van der Waals surface area contributed by atoms with Crippen molar-refractivity contribution in [2.45, 2.75) is 43.2 Å². The van der Waals surface area contributed by atoms with Crippen LogP contribution in [0.5, 0.6) is 0 Å². The Hall–Kier alpha value is -3.00. The van der Waals surface area contributed by atoms with E-state index < -0.39 is 23.6 Å². The zero-order valence-electron chi connectivity index (χ0n) is 18.2. The molecule has 0 bridgehead atoms. The van der Waals surface area contributed by atoms with Crippen molar-refractivity contribution in [2.24, 2.45) is 0 Å². The van der Waals surface area contributed by atoms with E-state index in [1.54, 1.807) is 18.7 Å². The van der Waals surface area contributed by atoms with Gasteiger partial charge in [-0.2, -0.15) is 13.2 Å². The topological polar surface area (TPSA) is 58.2 Å². The number of hydrogen-bond donors (Lipinski definition) is 2. The van der Waals surface area contributed by atoms with Gasteiger partial charge in [0.2, 0.25) is 0 Å². The van der Waals surface area contributed by atoms with E-state index in [2.05, 4.69) is 10.6 Å². The van der Waals surface area contributed by atoms with Crippen LogP contribution in [0.15, 0.2) is 76.0 Å². The number of rotatable bonds is 4. The molecule has 172 valence electrons. The van der Waals surface area contributed by atoms with Crippen molar-refractivity contribution in [2.75, 3.05) is 11.6 Å². The number of hydrogen-bond acceptors (Lipinski definition) is 4. The van der Waals surface area contributed by atoms with Crippen molar-refractivity contribution in [3.05, 3.63) is 82.2 Å². The minimum atomic E-state index is -4.61. The molecule has 33 heavy (non-hydrogen) atoms. The molecule has 1 unspecified atom stereocenters. The van der Waals surface area contributed by atoms with Crippen LogP contribution in [-0.4, -0.2) is 17.9 Å². The van der Waals surface area contributed by atoms with Crippen LogP contribution in [0.3, 0.4) is 0 Å². The Balaban J connectivity index is 1.78. The van der Waals surface area contributed by atoms with Crippen LogP contribution >= 0.6 is 11.8 Å². The lowest BCUT2D eigenvalue weighted by atomic mass is 9.75. The van der Waals surface area contributed by atoms with Crippen LogP contribution in [0.1, 0.15) is 43.2 Å². The second-order valence-corrected chi connectivity index (χ2v) is 8.92. The molecule has 1 atom stereocenters. The zero-order chi connectivity index (χ0) is 23.8. The Labute approximate surface area is 194 Å². The first kappa shape index (κ1) is 23.2. The third kappa shape index (κ3) is 4.57. The number of carbonyl (C=O) groups excluding carboxylic acids is 2. The number of dihydropyridines is 1. The number of Topliss-reactive ketones (excluding diaryl/α,β-unsaturated/α-hetero) is 1. The summed E-state index contributed by atoms with van der Waals surface area (Å²) in [6, 6.07) is 12.5. The summed E-state index contributed by atoms with van der Waals surface area (Å²) in [5, 5.41) is 5.64. The molecule has 0 radical (unpaired) electrons. The lowest BCUT2D eigenvalue weighted by molar-refractivity contribution is -0.137. The number of carbonyl (C=O) groups is 2. The number of allylic oxidation sites excluding steroid dienone is 3. The van der Waals surface area contributed by atoms with Crippen molar-refractivity contribution in [3.8, 4) is 0 Å². The molecule has 0 saturated heterocycles. The van der Waals surface area contributed by atoms with Gasteiger partial charge in [-0.1, -0.05) is 24.3 Å². The van der Waals surface area contributed by atoms with Gasteiger partial charge in [0, 0.05) is 39.8 Å². The van der Waals surface area contributed by atoms with Gasteiger partial charge in [0.15, 0.2) is 5.78 Å². The van der Waals surface area contributed by atoms with Crippen molar-refractivity contribution < 1.29 is 22.8 Å². The molecule has 2 N–H and O–H groups in total. The van der Waals surface area contributed by atoms with E-state index in [9.17, 15) is 22.8 Å². The fourth-order valence-corrected chi connectivity index (χ4v) is 4.85. The Bertz CT molecular complexity index is 1170. The first-order valence-corrected chi connectivity index (χ1v) is 11.8. The summed E-state index contributed by atoms with van der Waals surface area (Å²) >= 11 is 1.57. The van der Waals surface area contributed by atoms with Crippen LogP contribution < -0.4 is 10.6 Å². The fourth-order valence-electron chi connectivity index (χ4n) is 4.44. The monoisotopic (exact) mass is 472 g/mol. The SMILES string of the molecule is CSc1ccc(C2C(C(=O)Nc3ccccc3C(F)(F)F)=C(C)NC3=C2C(=O)CCC3)cc1. The maximum Gasteiger partial charge on any atom is 0.418 e. The van der Waals surface area contributed by atoms with Crippen molar-refractivity contribution in [3.63, 3.8) is 0 Å². The minimum Gasteiger partial charge on any atom is -0.362 e.